The summed E-state index contributed by atoms with van der Waals surface area (Å²) >= 11 is 0. The second kappa shape index (κ2) is 9.29. The molecule has 0 spiro atoms. The maximum Gasteiger partial charge on any atom is 0.150 e. The van der Waals surface area contributed by atoms with Gasteiger partial charge in [-0.05, 0) is 50.2 Å². The van der Waals surface area contributed by atoms with Gasteiger partial charge in [0.2, 0.25) is 0 Å². The molecule has 164 valence electrons. The van der Waals surface area contributed by atoms with Crippen molar-refractivity contribution in [2.24, 2.45) is 11.8 Å². The van der Waals surface area contributed by atoms with Gasteiger partial charge in [-0.3, -0.25) is 19.7 Å². The Morgan fingerprint density at radius 3 is 2.65 bits per heavy atom. The van der Waals surface area contributed by atoms with E-state index in [2.05, 4.69) is 32.8 Å². The summed E-state index contributed by atoms with van der Waals surface area (Å²) < 4.78 is 0. The van der Waals surface area contributed by atoms with Gasteiger partial charge in [-0.25, -0.2) is 0 Å². The van der Waals surface area contributed by atoms with Gasteiger partial charge in [-0.15, -0.1) is 0 Å². The summed E-state index contributed by atoms with van der Waals surface area (Å²) in [6, 6.07) is 5.89. The fourth-order valence-electron chi connectivity index (χ4n) is 5.15. The molecule has 1 aromatic carbocycles. The highest BCUT2D eigenvalue weighted by Crippen LogP contribution is 2.33. The van der Waals surface area contributed by atoms with Crippen molar-refractivity contribution in [2.75, 3.05) is 31.1 Å². The van der Waals surface area contributed by atoms with Crippen LogP contribution in [0.25, 0.3) is 11.0 Å². The first-order valence-electron chi connectivity index (χ1n) is 11.3. The number of anilines is 1. The zero-order chi connectivity index (χ0) is 22.0. The second-order valence-electron chi connectivity index (χ2n) is 9.22. The molecule has 4 rings (SSSR count). The maximum atomic E-state index is 13.1. The van der Waals surface area contributed by atoms with E-state index >= 15 is 0 Å². The van der Waals surface area contributed by atoms with E-state index in [1.807, 2.05) is 19.1 Å². The number of hydrogen-bond acceptors (Lipinski definition) is 7. The van der Waals surface area contributed by atoms with E-state index in [1.165, 1.54) is 0 Å². The number of hydrogen-bond donors (Lipinski definition) is 1. The summed E-state index contributed by atoms with van der Waals surface area (Å²) in [5.41, 5.74) is 2.91. The van der Waals surface area contributed by atoms with Gasteiger partial charge < -0.3 is 10.0 Å². The van der Waals surface area contributed by atoms with Crippen molar-refractivity contribution in [3.05, 3.63) is 30.1 Å². The summed E-state index contributed by atoms with van der Waals surface area (Å²) in [5, 5.41) is 19.1. The standard InChI is InChI=1S/C24H31N5O2/c1-16-11-18(12-22(31)17(2)28-9-5-20(30)6-10-28)15-29(14-16)21-4-3-19(13-25)23-24(21)27-8-7-26-23/h3-4,7-8,16-18,20,30H,5-6,9-12,14-15H2,1-2H3/t16-,17-,18-/m0/s1. The largest absolute Gasteiger partial charge is 0.393 e. The molecule has 7 nitrogen and oxygen atoms in total. The van der Waals surface area contributed by atoms with Crippen LogP contribution in [0.1, 0.15) is 45.1 Å². The predicted octanol–water partition coefficient (Wildman–Crippen LogP) is 2.77. The smallest absolute Gasteiger partial charge is 0.150 e. The highest BCUT2D eigenvalue weighted by molar-refractivity contribution is 5.92. The van der Waals surface area contributed by atoms with Crippen LogP contribution in [0, 0.1) is 23.2 Å². The first kappa shape index (κ1) is 21.7. The number of rotatable bonds is 5. The molecule has 31 heavy (non-hydrogen) atoms. The number of nitrogens with zero attached hydrogens (tertiary/aromatic N) is 5. The monoisotopic (exact) mass is 421 g/mol. The number of aliphatic hydroxyl groups excluding tert-OH is 1. The summed E-state index contributed by atoms with van der Waals surface area (Å²) in [6.45, 7) is 7.53. The van der Waals surface area contributed by atoms with E-state index in [0.717, 1.165) is 56.6 Å². The van der Waals surface area contributed by atoms with E-state index in [0.29, 0.717) is 29.2 Å². The van der Waals surface area contributed by atoms with Gasteiger partial charge in [0.25, 0.3) is 0 Å². The van der Waals surface area contributed by atoms with Crippen molar-refractivity contribution in [2.45, 2.75) is 51.7 Å². The van der Waals surface area contributed by atoms with Crippen LogP contribution < -0.4 is 4.90 Å². The highest BCUT2D eigenvalue weighted by atomic mass is 16.3. The molecule has 0 aliphatic carbocycles. The normalized spacial score (nSPS) is 24.1. The Hall–Kier alpha value is -2.56. The number of carbonyl (C=O) groups is 1. The lowest BCUT2D eigenvalue weighted by atomic mass is 9.85. The third kappa shape index (κ3) is 4.70. The Morgan fingerprint density at radius 1 is 1.23 bits per heavy atom. The Balaban J connectivity index is 1.48. The molecule has 0 bridgehead atoms. The molecule has 1 N–H and O–H groups in total. The second-order valence-corrected chi connectivity index (χ2v) is 9.22. The van der Waals surface area contributed by atoms with Gasteiger partial charge in [-0.2, -0.15) is 5.26 Å². The van der Waals surface area contributed by atoms with Crippen molar-refractivity contribution in [1.29, 1.82) is 5.26 Å². The Morgan fingerprint density at radius 2 is 1.94 bits per heavy atom. The number of ketones is 1. The fourth-order valence-corrected chi connectivity index (χ4v) is 5.15. The molecule has 7 heteroatoms. The molecule has 3 heterocycles. The Kier molecular flexibility index (Phi) is 6.49. The van der Waals surface area contributed by atoms with E-state index in [9.17, 15) is 15.2 Å². The van der Waals surface area contributed by atoms with Gasteiger partial charge in [-0.1, -0.05) is 6.92 Å². The Labute approximate surface area is 183 Å². The summed E-state index contributed by atoms with van der Waals surface area (Å²) in [6.07, 6.45) is 6.16. The van der Waals surface area contributed by atoms with Crippen molar-refractivity contribution in [3.8, 4) is 6.07 Å². The molecule has 2 aliphatic rings. The number of carbonyl (C=O) groups excluding carboxylic acids is 1. The van der Waals surface area contributed by atoms with Crippen LogP contribution in [-0.4, -0.2) is 64.1 Å². The summed E-state index contributed by atoms with van der Waals surface area (Å²) in [5.74, 6) is 1.05. The number of Topliss-reactive ketones (excluding diaryl/α,β-unsaturated/α-hetero) is 1. The van der Waals surface area contributed by atoms with Crippen molar-refractivity contribution >= 4 is 22.5 Å². The molecule has 0 unspecified atom stereocenters. The van der Waals surface area contributed by atoms with Crippen LogP contribution in [0.15, 0.2) is 24.5 Å². The minimum Gasteiger partial charge on any atom is -0.393 e. The van der Waals surface area contributed by atoms with E-state index < -0.39 is 0 Å². The average Bonchev–Trinajstić information content (AvgIpc) is 2.78. The van der Waals surface area contributed by atoms with Gasteiger partial charge in [0.05, 0.1) is 23.4 Å². The number of benzene rings is 1. The zero-order valence-corrected chi connectivity index (χ0v) is 18.4. The number of fused-ring (bicyclic) bond motifs is 1. The molecular weight excluding hydrogens is 390 g/mol. The van der Waals surface area contributed by atoms with Crippen LogP contribution in [0.3, 0.4) is 0 Å². The van der Waals surface area contributed by atoms with Crippen LogP contribution in [-0.2, 0) is 4.79 Å². The van der Waals surface area contributed by atoms with Gasteiger partial charge in [0.15, 0.2) is 0 Å². The van der Waals surface area contributed by atoms with Gasteiger partial charge in [0.1, 0.15) is 22.9 Å². The third-order valence-corrected chi connectivity index (χ3v) is 6.81. The SMILES string of the molecule is C[C@H]1C[C@@H](CC(=O)[C@H](C)N2CCC(O)CC2)CN(c2ccc(C#N)c3nccnc23)C1. The lowest BCUT2D eigenvalue weighted by molar-refractivity contribution is -0.125. The van der Waals surface area contributed by atoms with E-state index in [4.69, 9.17) is 0 Å². The average molecular weight is 422 g/mol. The first-order valence-corrected chi connectivity index (χ1v) is 11.3. The molecule has 3 atom stereocenters. The molecular formula is C24H31N5O2. The van der Waals surface area contributed by atoms with Crippen LogP contribution >= 0.6 is 0 Å². The summed E-state index contributed by atoms with van der Waals surface area (Å²) in [7, 11) is 0. The molecule has 2 fully saturated rings. The summed E-state index contributed by atoms with van der Waals surface area (Å²) in [4.78, 5) is 26.5. The van der Waals surface area contributed by atoms with E-state index in [-0.39, 0.29) is 18.1 Å². The number of aliphatic hydroxyl groups is 1. The molecule has 0 saturated carbocycles. The quantitative estimate of drug-likeness (QED) is 0.793. The maximum absolute atomic E-state index is 13.1. The molecule has 0 radical (unpaired) electrons. The van der Waals surface area contributed by atoms with Gasteiger partial charge >= 0.3 is 0 Å². The minimum absolute atomic E-state index is 0.0974. The molecule has 2 saturated heterocycles. The predicted molar refractivity (Wildman–Crippen MR) is 120 cm³/mol. The lowest BCUT2D eigenvalue weighted by Gasteiger charge is -2.39. The zero-order valence-electron chi connectivity index (χ0n) is 18.4. The molecule has 2 aliphatic heterocycles. The molecule has 1 aromatic heterocycles. The van der Waals surface area contributed by atoms with Crippen LogP contribution in [0.2, 0.25) is 0 Å². The highest BCUT2D eigenvalue weighted by Gasteiger charge is 2.31. The fraction of sp³-hybridized carbons (Fsp3) is 0.583. The van der Waals surface area contributed by atoms with E-state index in [1.54, 1.807) is 12.4 Å². The molecule has 0 amide bonds. The molecule has 2 aromatic rings. The number of nitriles is 1. The number of aromatic nitrogens is 2. The van der Waals surface area contributed by atoms with Crippen molar-refractivity contribution in [3.63, 3.8) is 0 Å². The number of piperidine rings is 2. The lowest BCUT2D eigenvalue weighted by Crippen LogP contribution is -2.47. The van der Waals surface area contributed by atoms with Crippen molar-refractivity contribution in [1.82, 2.24) is 14.9 Å². The topological polar surface area (TPSA) is 93.4 Å². The van der Waals surface area contributed by atoms with Crippen LogP contribution in [0.5, 0.6) is 0 Å². The minimum atomic E-state index is -0.225. The third-order valence-electron chi connectivity index (χ3n) is 6.81. The first-order chi connectivity index (χ1) is 15.0. The number of likely N-dealkylation sites (tertiary alicyclic amines) is 1. The van der Waals surface area contributed by atoms with Crippen LogP contribution in [0.4, 0.5) is 5.69 Å². The van der Waals surface area contributed by atoms with Gasteiger partial charge in [0, 0.05) is 45.0 Å². The van der Waals surface area contributed by atoms with Crippen molar-refractivity contribution < 1.29 is 9.90 Å². The Bertz CT molecular complexity index is 980.